The van der Waals surface area contributed by atoms with Crippen molar-refractivity contribution in [3.63, 3.8) is 0 Å². The summed E-state index contributed by atoms with van der Waals surface area (Å²) in [6.07, 6.45) is 0. The Morgan fingerprint density at radius 1 is 1.28 bits per heavy atom. The number of furan rings is 1. The summed E-state index contributed by atoms with van der Waals surface area (Å²) in [6, 6.07) is 11.1. The van der Waals surface area contributed by atoms with Gasteiger partial charge in [0.05, 0.1) is 6.54 Å². The lowest BCUT2D eigenvalue weighted by molar-refractivity contribution is 0.0964. The Balaban J connectivity index is 2.26. The molecule has 2 rings (SSSR count). The van der Waals surface area contributed by atoms with E-state index < -0.39 is 0 Å². The molecule has 1 heterocycles. The minimum absolute atomic E-state index is 0.177. The summed E-state index contributed by atoms with van der Waals surface area (Å²) in [5.41, 5.74) is 7.37. The van der Waals surface area contributed by atoms with Gasteiger partial charge in [-0.1, -0.05) is 18.2 Å². The molecule has 2 aromatic rings. The minimum atomic E-state index is -0.177. The fourth-order valence-electron chi connectivity index (χ4n) is 1.82. The smallest absolute Gasteiger partial charge is 0.293 e. The molecule has 4 nitrogen and oxygen atoms in total. The maximum atomic E-state index is 12.2. The van der Waals surface area contributed by atoms with E-state index in [4.69, 9.17) is 10.2 Å². The zero-order chi connectivity index (χ0) is 13.1. The molecule has 0 atom stereocenters. The highest BCUT2D eigenvalue weighted by atomic mass is 16.4. The molecular weight excluding hydrogens is 228 g/mol. The summed E-state index contributed by atoms with van der Waals surface area (Å²) >= 11 is 0. The topological polar surface area (TPSA) is 59.5 Å². The number of benzene rings is 1. The number of rotatable bonds is 3. The molecule has 0 saturated heterocycles. The van der Waals surface area contributed by atoms with Crippen LogP contribution in [0, 0.1) is 6.92 Å². The fourth-order valence-corrected chi connectivity index (χ4v) is 1.82. The Labute approximate surface area is 106 Å². The summed E-state index contributed by atoms with van der Waals surface area (Å²) in [5, 5.41) is 0. The van der Waals surface area contributed by atoms with Crippen molar-refractivity contribution in [3.8, 4) is 0 Å². The van der Waals surface area contributed by atoms with E-state index in [1.807, 2.05) is 31.2 Å². The summed E-state index contributed by atoms with van der Waals surface area (Å²) in [6.45, 7) is 2.26. The molecule has 0 fully saturated rings. The van der Waals surface area contributed by atoms with Gasteiger partial charge in [0, 0.05) is 12.7 Å². The molecule has 0 aliphatic rings. The average Bonchev–Trinajstić information content (AvgIpc) is 2.86. The van der Waals surface area contributed by atoms with Gasteiger partial charge in [-0.05, 0) is 30.7 Å². The first kappa shape index (κ1) is 12.4. The summed E-state index contributed by atoms with van der Waals surface area (Å²) < 4.78 is 5.36. The van der Waals surface area contributed by atoms with Gasteiger partial charge in [0.2, 0.25) is 0 Å². The van der Waals surface area contributed by atoms with E-state index >= 15 is 0 Å². The largest absolute Gasteiger partial charge is 0.455 e. The van der Waals surface area contributed by atoms with Crippen LogP contribution in [-0.2, 0) is 6.54 Å². The summed E-state index contributed by atoms with van der Waals surface area (Å²) in [7, 11) is 1.73. The third-order valence-electron chi connectivity index (χ3n) is 2.86. The van der Waals surface area contributed by atoms with Crippen molar-refractivity contribution >= 4 is 11.6 Å². The molecule has 18 heavy (non-hydrogen) atoms. The second-order valence-corrected chi connectivity index (χ2v) is 4.12. The van der Waals surface area contributed by atoms with Crippen LogP contribution >= 0.6 is 0 Å². The standard InChI is InChI=1S/C14H16N2O2/c1-10-5-3-4-6-12(10)16(2)14(17)13-8-7-11(9-15)18-13/h3-8H,9,15H2,1-2H3. The van der Waals surface area contributed by atoms with Gasteiger partial charge in [-0.15, -0.1) is 0 Å². The van der Waals surface area contributed by atoms with E-state index in [0.29, 0.717) is 18.1 Å². The second-order valence-electron chi connectivity index (χ2n) is 4.12. The molecule has 2 N–H and O–H groups in total. The third kappa shape index (κ3) is 2.28. The van der Waals surface area contributed by atoms with Crippen molar-refractivity contribution in [2.24, 2.45) is 5.73 Å². The lowest BCUT2D eigenvalue weighted by Crippen LogP contribution is -2.26. The third-order valence-corrected chi connectivity index (χ3v) is 2.86. The zero-order valence-corrected chi connectivity index (χ0v) is 10.5. The number of aryl methyl sites for hydroxylation is 1. The van der Waals surface area contributed by atoms with Gasteiger partial charge in [0.25, 0.3) is 5.91 Å². The lowest BCUT2D eigenvalue weighted by atomic mass is 10.2. The SMILES string of the molecule is Cc1ccccc1N(C)C(=O)c1ccc(CN)o1. The maximum Gasteiger partial charge on any atom is 0.293 e. The van der Waals surface area contributed by atoms with E-state index in [2.05, 4.69) is 0 Å². The van der Waals surface area contributed by atoms with Crippen LogP contribution in [0.2, 0.25) is 0 Å². The molecule has 94 valence electrons. The van der Waals surface area contributed by atoms with Gasteiger partial charge < -0.3 is 15.1 Å². The van der Waals surface area contributed by atoms with Crippen LogP contribution in [0.25, 0.3) is 0 Å². The van der Waals surface area contributed by atoms with E-state index in [0.717, 1.165) is 11.3 Å². The Bertz CT molecular complexity index is 560. The number of amides is 1. The number of hydrogen-bond acceptors (Lipinski definition) is 3. The van der Waals surface area contributed by atoms with E-state index in [9.17, 15) is 4.79 Å². The lowest BCUT2D eigenvalue weighted by Gasteiger charge is -2.18. The Morgan fingerprint density at radius 2 is 2.00 bits per heavy atom. The van der Waals surface area contributed by atoms with Gasteiger partial charge in [0.15, 0.2) is 5.76 Å². The fraction of sp³-hybridized carbons (Fsp3) is 0.214. The molecule has 1 aromatic carbocycles. The van der Waals surface area contributed by atoms with Crippen molar-refractivity contribution in [3.05, 3.63) is 53.5 Å². The van der Waals surface area contributed by atoms with E-state index in [-0.39, 0.29) is 5.91 Å². The number of para-hydroxylation sites is 1. The van der Waals surface area contributed by atoms with Gasteiger partial charge in [-0.2, -0.15) is 0 Å². The second kappa shape index (κ2) is 5.06. The number of anilines is 1. The average molecular weight is 244 g/mol. The highest BCUT2D eigenvalue weighted by Crippen LogP contribution is 2.20. The number of nitrogens with two attached hydrogens (primary N) is 1. The van der Waals surface area contributed by atoms with Crippen molar-refractivity contribution in [2.75, 3.05) is 11.9 Å². The van der Waals surface area contributed by atoms with Crippen molar-refractivity contribution in [2.45, 2.75) is 13.5 Å². The van der Waals surface area contributed by atoms with E-state index in [1.54, 1.807) is 24.1 Å². The molecular formula is C14H16N2O2. The first-order chi connectivity index (χ1) is 8.63. The van der Waals surface area contributed by atoms with Crippen LogP contribution < -0.4 is 10.6 Å². The van der Waals surface area contributed by atoms with Crippen molar-refractivity contribution in [1.29, 1.82) is 0 Å². The predicted molar refractivity (Wildman–Crippen MR) is 70.5 cm³/mol. The molecule has 0 aliphatic carbocycles. The predicted octanol–water partition coefficient (Wildman–Crippen LogP) is 2.32. The van der Waals surface area contributed by atoms with Crippen LogP contribution in [0.1, 0.15) is 21.9 Å². The Hall–Kier alpha value is -2.07. The molecule has 0 spiro atoms. The number of carbonyl (C=O) groups excluding carboxylic acids is 1. The van der Waals surface area contributed by atoms with Crippen LogP contribution in [0.3, 0.4) is 0 Å². The zero-order valence-electron chi connectivity index (χ0n) is 10.5. The van der Waals surface area contributed by atoms with Gasteiger partial charge in [-0.3, -0.25) is 4.79 Å². The molecule has 1 amide bonds. The van der Waals surface area contributed by atoms with Gasteiger partial charge in [0.1, 0.15) is 5.76 Å². The van der Waals surface area contributed by atoms with Crippen molar-refractivity contribution < 1.29 is 9.21 Å². The number of hydrogen-bond donors (Lipinski definition) is 1. The van der Waals surface area contributed by atoms with Gasteiger partial charge >= 0.3 is 0 Å². The van der Waals surface area contributed by atoms with Gasteiger partial charge in [-0.25, -0.2) is 0 Å². The summed E-state index contributed by atoms with van der Waals surface area (Å²) in [4.78, 5) is 13.8. The summed E-state index contributed by atoms with van der Waals surface area (Å²) in [5.74, 6) is 0.738. The highest BCUT2D eigenvalue weighted by molar-refractivity contribution is 6.04. The Kier molecular flexibility index (Phi) is 3.48. The molecule has 0 saturated carbocycles. The number of carbonyl (C=O) groups is 1. The number of nitrogens with zero attached hydrogens (tertiary/aromatic N) is 1. The van der Waals surface area contributed by atoms with Crippen LogP contribution in [0.4, 0.5) is 5.69 Å². The minimum Gasteiger partial charge on any atom is -0.455 e. The molecule has 0 bridgehead atoms. The Morgan fingerprint density at radius 3 is 2.61 bits per heavy atom. The first-order valence-corrected chi connectivity index (χ1v) is 5.76. The first-order valence-electron chi connectivity index (χ1n) is 5.76. The van der Waals surface area contributed by atoms with Crippen LogP contribution in [0.15, 0.2) is 40.8 Å². The molecule has 0 unspecified atom stereocenters. The normalized spacial score (nSPS) is 10.4. The molecule has 1 aromatic heterocycles. The highest BCUT2D eigenvalue weighted by Gasteiger charge is 2.18. The maximum absolute atomic E-state index is 12.2. The van der Waals surface area contributed by atoms with Crippen LogP contribution in [-0.4, -0.2) is 13.0 Å². The molecule has 0 aliphatic heterocycles. The van der Waals surface area contributed by atoms with E-state index in [1.165, 1.54) is 0 Å². The van der Waals surface area contributed by atoms with Crippen LogP contribution in [0.5, 0.6) is 0 Å². The molecule has 0 radical (unpaired) electrons. The molecule has 4 heteroatoms. The monoisotopic (exact) mass is 244 g/mol. The van der Waals surface area contributed by atoms with Crippen molar-refractivity contribution in [1.82, 2.24) is 0 Å². The quantitative estimate of drug-likeness (QED) is 0.901.